The van der Waals surface area contributed by atoms with Crippen molar-refractivity contribution in [2.45, 2.75) is 36.1 Å². The minimum absolute atomic E-state index is 0.135. The molecule has 1 aromatic rings. The van der Waals surface area contributed by atoms with Crippen LogP contribution in [0.1, 0.15) is 31.9 Å². The van der Waals surface area contributed by atoms with Gasteiger partial charge in [0, 0.05) is 7.05 Å². The molecule has 0 aliphatic carbocycles. The Morgan fingerprint density at radius 3 is 2.71 bits per heavy atom. The second-order valence-corrected chi connectivity index (χ2v) is 11.7. The monoisotopic (exact) mass is 416 g/mol. The predicted octanol–water partition coefficient (Wildman–Crippen LogP) is 1.97. The summed E-state index contributed by atoms with van der Waals surface area (Å²) in [5, 5.41) is 10.1. The van der Waals surface area contributed by atoms with Crippen LogP contribution in [0.15, 0.2) is 18.2 Å². The SMILES string of the molecule is C#[S-]1S[C@@]2(C)C(=O)N3[C@@H](c4ccc5c(c4)OCO5)[C@](C)(C#N)C[C@@]31C(=O)N2C. The van der Waals surface area contributed by atoms with Crippen molar-refractivity contribution in [1.29, 1.82) is 5.26 Å². The maximum Gasteiger partial charge on any atom is 0.256 e. The summed E-state index contributed by atoms with van der Waals surface area (Å²) in [7, 11) is 2.02. The summed E-state index contributed by atoms with van der Waals surface area (Å²) < 4.78 is 10.9. The first-order valence-electron chi connectivity index (χ1n) is 8.80. The third-order valence-corrected chi connectivity index (χ3v) is 10.8. The van der Waals surface area contributed by atoms with Crippen molar-refractivity contribution in [3.05, 3.63) is 23.8 Å². The van der Waals surface area contributed by atoms with E-state index in [1.807, 2.05) is 6.07 Å². The highest BCUT2D eigenvalue weighted by atomic mass is 33.1. The van der Waals surface area contributed by atoms with Crippen LogP contribution >= 0.6 is 10.8 Å². The molecule has 2 amide bonds. The fourth-order valence-electron chi connectivity index (χ4n) is 4.75. The Labute approximate surface area is 168 Å². The fraction of sp³-hybridized carbons (Fsp3) is 0.474. The molecule has 5 aliphatic rings. The van der Waals surface area contributed by atoms with Crippen LogP contribution in [-0.4, -0.2) is 45.2 Å². The third-order valence-electron chi connectivity index (χ3n) is 6.30. The van der Waals surface area contributed by atoms with Gasteiger partial charge in [-0.15, -0.1) is 0 Å². The number of piperazine rings is 1. The molecule has 0 N–H and O–H groups in total. The Kier molecular flexibility index (Phi) is 3.31. The average Bonchev–Trinajstić information content (AvgIpc) is 3.24. The molecule has 6 rings (SSSR count). The maximum absolute atomic E-state index is 13.6. The second-order valence-electron chi connectivity index (χ2n) is 7.91. The number of nitrogens with zero attached hydrogens (tertiary/aromatic N) is 3. The van der Waals surface area contributed by atoms with Gasteiger partial charge in [-0.25, -0.2) is 10.8 Å². The van der Waals surface area contributed by atoms with Crippen LogP contribution in [0.4, 0.5) is 0 Å². The molecule has 28 heavy (non-hydrogen) atoms. The lowest BCUT2D eigenvalue weighted by Crippen LogP contribution is -2.76. The van der Waals surface area contributed by atoms with Crippen molar-refractivity contribution in [2.75, 3.05) is 13.8 Å². The van der Waals surface area contributed by atoms with Gasteiger partial charge in [-0.05, 0) is 38.0 Å². The van der Waals surface area contributed by atoms with Gasteiger partial charge in [-0.1, -0.05) is 6.07 Å². The maximum atomic E-state index is 13.6. The fourth-order valence-corrected chi connectivity index (χ4v) is 9.37. The van der Waals surface area contributed by atoms with Crippen molar-refractivity contribution < 1.29 is 19.1 Å². The number of fused-ring (bicyclic) bond motifs is 3. The Morgan fingerprint density at radius 1 is 1.29 bits per heavy atom. The lowest BCUT2D eigenvalue weighted by atomic mass is 9.79. The molecule has 7 nitrogen and oxygen atoms in total. The summed E-state index contributed by atoms with van der Waals surface area (Å²) in [5.74, 6) is 0.821. The molecule has 5 aliphatic heterocycles. The number of amides is 2. The molecule has 9 heteroatoms. The standard InChI is InChI=1S/C19H18N3O4S2/c1-17(9-20)8-19-16(24)21(3)18(2,27-28(19)4)15(23)22(19)14(17)11-5-6-12-13(7-11)26-10-25-12/h4-7,14H,8,10H2,1-3H3/q-1/t14-,17-,18-,19+/m0/s1. The van der Waals surface area contributed by atoms with Gasteiger partial charge in [-0.3, -0.25) is 9.59 Å². The van der Waals surface area contributed by atoms with E-state index in [0.717, 1.165) is 5.56 Å². The van der Waals surface area contributed by atoms with Gasteiger partial charge in [-0.2, -0.15) is 5.26 Å². The zero-order chi connectivity index (χ0) is 20.1. The lowest BCUT2D eigenvalue weighted by Gasteiger charge is -2.66. The molecule has 1 spiro atoms. The van der Waals surface area contributed by atoms with Gasteiger partial charge in [0.1, 0.15) is 4.87 Å². The molecule has 1 aromatic carbocycles. The van der Waals surface area contributed by atoms with Crippen LogP contribution in [0.5, 0.6) is 11.5 Å². The number of hydrogen-bond acceptors (Lipinski definition) is 7. The van der Waals surface area contributed by atoms with E-state index in [-0.39, 0.29) is 25.0 Å². The highest BCUT2D eigenvalue weighted by molar-refractivity contribution is 8.71. The van der Waals surface area contributed by atoms with Gasteiger partial charge < -0.3 is 34.3 Å². The molecule has 0 saturated carbocycles. The topological polar surface area (TPSA) is 82.9 Å². The number of ether oxygens (including phenoxy) is 2. The van der Waals surface area contributed by atoms with E-state index in [2.05, 4.69) is 6.07 Å². The second kappa shape index (κ2) is 5.20. The molecule has 146 valence electrons. The van der Waals surface area contributed by atoms with E-state index in [9.17, 15) is 14.9 Å². The smallest absolute Gasteiger partial charge is 0.256 e. The van der Waals surface area contributed by atoms with Crippen LogP contribution in [0.25, 0.3) is 0 Å². The van der Waals surface area contributed by atoms with Crippen LogP contribution in [0, 0.1) is 22.4 Å². The molecule has 2 bridgehead atoms. The summed E-state index contributed by atoms with van der Waals surface area (Å²) >= 11 is 0. The average molecular weight is 417 g/mol. The van der Waals surface area contributed by atoms with Crippen molar-refractivity contribution in [2.24, 2.45) is 5.41 Å². The molecule has 4 atom stereocenters. The summed E-state index contributed by atoms with van der Waals surface area (Å²) in [4.78, 5) is 27.8. The van der Waals surface area contributed by atoms with E-state index >= 15 is 0 Å². The third kappa shape index (κ3) is 1.79. The quantitative estimate of drug-likeness (QED) is 0.514. The molecule has 0 aromatic heterocycles. The van der Waals surface area contributed by atoms with Gasteiger partial charge in [0.15, 0.2) is 11.5 Å². The van der Waals surface area contributed by atoms with Crippen LogP contribution in [0.2, 0.25) is 0 Å². The van der Waals surface area contributed by atoms with Crippen molar-refractivity contribution >= 4 is 31.9 Å². The molecule has 4 fully saturated rings. The number of likely N-dealkylation sites (N-methyl/N-ethyl adjacent to an activating group) is 1. The minimum atomic E-state index is -1.21. The number of carbonyl (C=O) groups is 2. The van der Waals surface area contributed by atoms with Gasteiger partial charge >= 0.3 is 0 Å². The van der Waals surface area contributed by atoms with Gasteiger partial charge in [0.25, 0.3) is 5.91 Å². The highest BCUT2D eigenvalue weighted by Gasteiger charge is 2.69. The van der Waals surface area contributed by atoms with Crippen molar-refractivity contribution in [1.82, 2.24) is 9.80 Å². The van der Waals surface area contributed by atoms with Gasteiger partial charge in [0.2, 0.25) is 12.7 Å². The van der Waals surface area contributed by atoms with E-state index in [1.165, 1.54) is 15.7 Å². The molecule has 5 heterocycles. The van der Waals surface area contributed by atoms with Crippen LogP contribution in [-0.2, 0) is 18.9 Å². The predicted molar refractivity (Wildman–Crippen MR) is 104 cm³/mol. The number of hydrogen-bond donors (Lipinski definition) is 0. The minimum Gasteiger partial charge on any atom is -0.454 e. The van der Waals surface area contributed by atoms with E-state index < -0.39 is 30.5 Å². The van der Waals surface area contributed by atoms with E-state index in [0.29, 0.717) is 11.5 Å². The van der Waals surface area contributed by atoms with Crippen molar-refractivity contribution in [3.63, 3.8) is 0 Å². The van der Waals surface area contributed by atoms with Gasteiger partial charge in [0.05, 0.1) is 22.4 Å². The highest BCUT2D eigenvalue weighted by Crippen LogP contribution is 2.65. The summed E-state index contributed by atoms with van der Waals surface area (Å²) in [6, 6.07) is 7.19. The molecule has 0 radical (unpaired) electrons. The molecular weight excluding hydrogens is 398 g/mol. The van der Waals surface area contributed by atoms with Crippen molar-refractivity contribution in [3.8, 4) is 23.3 Å². The Balaban J connectivity index is 1.75. The van der Waals surface area contributed by atoms with E-state index in [1.54, 1.807) is 37.9 Å². The number of rotatable bonds is 1. The molecule has 0 unspecified atom stereocenters. The first-order chi connectivity index (χ1) is 13.2. The Hall–Kier alpha value is -2.27. The zero-order valence-electron chi connectivity index (χ0n) is 15.6. The number of nitriles is 1. The van der Waals surface area contributed by atoms with Crippen LogP contribution in [0.3, 0.4) is 0 Å². The first kappa shape index (κ1) is 17.8. The molecule has 4 saturated heterocycles. The summed E-state index contributed by atoms with van der Waals surface area (Å²) in [6.45, 7) is 3.66. The zero-order valence-corrected chi connectivity index (χ0v) is 17.2. The lowest BCUT2D eigenvalue weighted by molar-refractivity contribution is -0.164. The largest absolute Gasteiger partial charge is 0.454 e. The number of carbonyl (C=O) groups excluding carboxylic acids is 2. The normalized spacial score (nSPS) is 38.7. The Bertz CT molecular complexity index is 1080. The summed E-state index contributed by atoms with van der Waals surface area (Å²) in [6.07, 6.45) is 0.202. The first-order valence-corrected chi connectivity index (χ1v) is 11.4. The number of benzene rings is 1. The Morgan fingerprint density at radius 2 is 2.00 bits per heavy atom. The van der Waals surface area contributed by atoms with E-state index in [4.69, 9.17) is 15.2 Å². The molecular formula is C19H18N3O4S2-. The summed E-state index contributed by atoms with van der Waals surface area (Å²) in [5.41, 5.74) is 6.27. The van der Waals surface area contributed by atoms with Crippen LogP contribution < -0.4 is 9.47 Å².